The van der Waals surface area contributed by atoms with Gasteiger partial charge in [-0.05, 0) is 31.4 Å². The molecular weight excluding hydrogens is 158 g/mol. The van der Waals surface area contributed by atoms with Crippen molar-refractivity contribution >= 4 is 0 Å². The van der Waals surface area contributed by atoms with Crippen molar-refractivity contribution in [3.8, 4) is 11.8 Å². The van der Waals surface area contributed by atoms with Crippen LogP contribution in [0.15, 0.2) is 23.8 Å². The van der Waals surface area contributed by atoms with Gasteiger partial charge >= 0.3 is 0 Å². The molecule has 1 atom stereocenters. The molecule has 0 aromatic rings. The number of hydrogen-bond acceptors (Lipinski definition) is 1. The van der Waals surface area contributed by atoms with Crippen molar-refractivity contribution in [2.75, 3.05) is 13.1 Å². The van der Waals surface area contributed by atoms with Crippen LogP contribution in [0.5, 0.6) is 0 Å². The highest BCUT2D eigenvalue weighted by Crippen LogP contribution is 2.22. The lowest BCUT2D eigenvalue weighted by atomic mass is 9.89. The monoisotopic (exact) mass is 173 g/mol. The van der Waals surface area contributed by atoms with Gasteiger partial charge in [-0.3, -0.25) is 0 Å². The average molecular weight is 173 g/mol. The molecule has 0 unspecified atom stereocenters. The van der Waals surface area contributed by atoms with Crippen LogP contribution in [-0.2, 0) is 0 Å². The highest BCUT2D eigenvalue weighted by atomic mass is 14.9. The van der Waals surface area contributed by atoms with E-state index in [-0.39, 0.29) is 0 Å². The zero-order valence-electron chi connectivity index (χ0n) is 7.84. The first kappa shape index (κ1) is 8.59. The van der Waals surface area contributed by atoms with E-state index in [0.717, 1.165) is 18.9 Å². The van der Waals surface area contributed by atoms with Gasteiger partial charge in [-0.15, -0.1) is 0 Å². The molecule has 0 aromatic heterocycles. The van der Waals surface area contributed by atoms with E-state index in [1.807, 2.05) is 6.08 Å². The molecule has 0 saturated carbocycles. The summed E-state index contributed by atoms with van der Waals surface area (Å²) >= 11 is 0. The van der Waals surface area contributed by atoms with Crippen LogP contribution in [0.3, 0.4) is 0 Å². The highest BCUT2D eigenvalue weighted by Gasteiger charge is 2.16. The minimum absolute atomic E-state index is 0.728. The van der Waals surface area contributed by atoms with E-state index < -0.39 is 0 Å². The Morgan fingerprint density at radius 1 is 1.46 bits per heavy atom. The summed E-state index contributed by atoms with van der Waals surface area (Å²) in [6.45, 7) is 2.33. The second kappa shape index (κ2) is 4.30. The molecule has 0 bridgehead atoms. The van der Waals surface area contributed by atoms with Gasteiger partial charge in [0.1, 0.15) is 0 Å². The van der Waals surface area contributed by atoms with E-state index in [2.05, 4.69) is 29.3 Å². The Morgan fingerprint density at radius 2 is 2.46 bits per heavy atom. The summed E-state index contributed by atoms with van der Waals surface area (Å²) in [7, 11) is 0. The number of hydrogen-bond donors (Lipinski definition) is 1. The molecule has 0 aromatic carbocycles. The van der Waals surface area contributed by atoms with Crippen LogP contribution in [0.1, 0.15) is 19.3 Å². The van der Waals surface area contributed by atoms with Crippen LogP contribution in [0, 0.1) is 17.8 Å². The fourth-order valence-electron chi connectivity index (χ4n) is 1.94. The Bertz CT molecular complexity index is 282. The Labute approximate surface area is 79.9 Å². The van der Waals surface area contributed by atoms with Crippen LogP contribution in [0.2, 0.25) is 0 Å². The first-order valence-corrected chi connectivity index (χ1v) is 5.01. The van der Waals surface area contributed by atoms with Crippen molar-refractivity contribution in [3.63, 3.8) is 0 Å². The number of nitrogens with one attached hydrogen (secondary N) is 1. The standard InChI is InChI=1S/C12H15N/c1-2-4-7-11(6-3-1)12-8-5-9-13-10-12/h1,3,6,12-13H,5,7-10H2/t12-/m0/s1. The number of rotatable bonds is 1. The van der Waals surface area contributed by atoms with Crippen LogP contribution in [-0.4, -0.2) is 13.1 Å². The summed E-state index contributed by atoms with van der Waals surface area (Å²) in [5.41, 5.74) is 1.51. The SMILES string of the molecule is C1#CCC([C@H]2CCCNC2)=CC=C1. The molecule has 2 aliphatic rings. The van der Waals surface area contributed by atoms with E-state index >= 15 is 0 Å². The lowest BCUT2D eigenvalue weighted by molar-refractivity contribution is 0.419. The van der Waals surface area contributed by atoms with Gasteiger partial charge < -0.3 is 5.32 Å². The molecule has 1 heterocycles. The molecule has 1 aliphatic carbocycles. The number of allylic oxidation sites excluding steroid dienone is 3. The lowest BCUT2D eigenvalue weighted by Gasteiger charge is -2.24. The first-order chi connectivity index (χ1) is 6.47. The minimum Gasteiger partial charge on any atom is -0.316 e. The zero-order chi connectivity index (χ0) is 8.93. The molecule has 0 spiro atoms. The molecule has 0 radical (unpaired) electrons. The molecule has 1 heteroatoms. The molecule has 2 rings (SSSR count). The topological polar surface area (TPSA) is 12.0 Å². The van der Waals surface area contributed by atoms with E-state index in [1.165, 1.54) is 25.0 Å². The van der Waals surface area contributed by atoms with Gasteiger partial charge in [0.15, 0.2) is 0 Å². The van der Waals surface area contributed by atoms with Gasteiger partial charge in [-0.2, -0.15) is 0 Å². The Kier molecular flexibility index (Phi) is 2.84. The number of piperidine rings is 1. The van der Waals surface area contributed by atoms with Crippen molar-refractivity contribution < 1.29 is 0 Å². The van der Waals surface area contributed by atoms with Gasteiger partial charge in [0, 0.05) is 13.0 Å². The smallest absolute Gasteiger partial charge is 0.0309 e. The van der Waals surface area contributed by atoms with E-state index in [0.29, 0.717) is 0 Å². The summed E-state index contributed by atoms with van der Waals surface area (Å²) in [5.74, 6) is 6.90. The van der Waals surface area contributed by atoms with Gasteiger partial charge in [0.2, 0.25) is 0 Å². The van der Waals surface area contributed by atoms with E-state index in [1.54, 1.807) is 0 Å². The van der Waals surface area contributed by atoms with Crippen LogP contribution in [0.4, 0.5) is 0 Å². The molecule has 1 nitrogen and oxygen atoms in total. The molecule has 13 heavy (non-hydrogen) atoms. The Balaban J connectivity index is 2.03. The summed E-state index contributed by atoms with van der Waals surface area (Å²) in [6.07, 6.45) is 9.82. The van der Waals surface area contributed by atoms with Crippen molar-refractivity contribution in [1.29, 1.82) is 0 Å². The second-order valence-electron chi connectivity index (χ2n) is 3.64. The lowest BCUT2D eigenvalue weighted by Crippen LogP contribution is -2.30. The molecule has 1 aliphatic heterocycles. The average Bonchev–Trinajstić information content (AvgIpc) is 2.47. The van der Waals surface area contributed by atoms with Gasteiger partial charge in [0.25, 0.3) is 0 Å². The van der Waals surface area contributed by atoms with Gasteiger partial charge in [-0.25, -0.2) is 0 Å². The van der Waals surface area contributed by atoms with Crippen molar-refractivity contribution in [3.05, 3.63) is 23.8 Å². The first-order valence-electron chi connectivity index (χ1n) is 5.01. The molecule has 0 amide bonds. The zero-order valence-corrected chi connectivity index (χ0v) is 7.84. The van der Waals surface area contributed by atoms with E-state index in [4.69, 9.17) is 0 Å². The molecule has 1 fully saturated rings. The predicted molar refractivity (Wildman–Crippen MR) is 55.2 cm³/mol. The quantitative estimate of drug-likeness (QED) is 0.597. The Hall–Kier alpha value is -1.00. The van der Waals surface area contributed by atoms with Crippen LogP contribution in [0.25, 0.3) is 0 Å². The van der Waals surface area contributed by atoms with Crippen LogP contribution >= 0.6 is 0 Å². The predicted octanol–water partition coefficient (Wildman–Crippen LogP) is 1.88. The van der Waals surface area contributed by atoms with Gasteiger partial charge in [-0.1, -0.05) is 29.6 Å². The second-order valence-corrected chi connectivity index (χ2v) is 3.64. The summed E-state index contributed by atoms with van der Waals surface area (Å²) in [5, 5.41) is 3.44. The molecule has 1 saturated heterocycles. The van der Waals surface area contributed by atoms with Crippen molar-refractivity contribution in [1.82, 2.24) is 5.32 Å². The third kappa shape index (κ3) is 2.23. The summed E-state index contributed by atoms with van der Waals surface area (Å²) in [6, 6.07) is 0. The Morgan fingerprint density at radius 3 is 3.31 bits per heavy atom. The largest absolute Gasteiger partial charge is 0.316 e. The maximum absolute atomic E-state index is 3.44. The summed E-state index contributed by atoms with van der Waals surface area (Å²) in [4.78, 5) is 0. The van der Waals surface area contributed by atoms with Crippen molar-refractivity contribution in [2.24, 2.45) is 5.92 Å². The van der Waals surface area contributed by atoms with E-state index in [9.17, 15) is 0 Å². The highest BCUT2D eigenvalue weighted by molar-refractivity contribution is 5.31. The maximum Gasteiger partial charge on any atom is 0.0309 e. The molecule has 1 N–H and O–H groups in total. The third-order valence-electron chi connectivity index (χ3n) is 2.71. The third-order valence-corrected chi connectivity index (χ3v) is 2.71. The minimum atomic E-state index is 0.728. The van der Waals surface area contributed by atoms with Gasteiger partial charge in [0.05, 0.1) is 0 Å². The van der Waals surface area contributed by atoms with Crippen molar-refractivity contribution in [2.45, 2.75) is 19.3 Å². The van der Waals surface area contributed by atoms with Crippen LogP contribution < -0.4 is 5.32 Å². The fourth-order valence-corrected chi connectivity index (χ4v) is 1.94. The fraction of sp³-hybridized carbons (Fsp3) is 0.500. The maximum atomic E-state index is 3.44. The molecular formula is C12H15N. The molecule has 68 valence electrons. The normalized spacial score (nSPS) is 27.1. The summed E-state index contributed by atoms with van der Waals surface area (Å²) < 4.78 is 0.